The molecule has 0 spiro atoms. The molecule has 37 heavy (non-hydrogen) atoms. The van der Waals surface area contributed by atoms with E-state index in [1.807, 2.05) is 0 Å². The first-order valence-electron chi connectivity index (χ1n) is 11.3. The lowest BCUT2D eigenvalue weighted by Crippen LogP contribution is -2.47. The number of amidine groups is 1. The zero-order chi connectivity index (χ0) is 26.3. The summed E-state index contributed by atoms with van der Waals surface area (Å²) in [7, 11) is 0. The molecule has 0 radical (unpaired) electrons. The van der Waals surface area contributed by atoms with E-state index in [1.54, 1.807) is 48.4 Å². The number of aryl methyl sites for hydroxylation is 1. The molecule has 1 saturated heterocycles. The lowest BCUT2D eigenvalue weighted by atomic mass is 10.0. The second-order valence-corrected chi connectivity index (χ2v) is 9.74. The molecule has 1 atom stereocenters. The van der Waals surface area contributed by atoms with Crippen molar-refractivity contribution in [2.45, 2.75) is 25.7 Å². The SMILES string of the molecule is Cc1ccc(Cn2ncc3cc(/C=C4\SC(N5CCOC(C(=O)O)C5)=NC4=O)ccc32)c(C(F)(F)F)c1. The number of rotatable bonds is 4. The number of thioether (sulfide) groups is 1. The van der Waals surface area contributed by atoms with Gasteiger partial charge < -0.3 is 14.7 Å². The van der Waals surface area contributed by atoms with E-state index in [9.17, 15) is 27.9 Å². The number of morpholine rings is 1. The van der Waals surface area contributed by atoms with Gasteiger partial charge in [0.05, 0.1) is 41.9 Å². The van der Waals surface area contributed by atoms with Crippen LogP contribution in [0.15, 0.2) is 52.5 Å². The number of aliphatic imine (C=N–C) groups is 1. The number of carbonyl (C=O) groups excluding carboxylic acids is 1. The summed E-state index contributed by atoms with van der Waals surface area (Å²) < 4.78 is 47.4. The standard InChI is InChI=1S/C25H21F3N4O4S/c1-14-2-4-16(18(8-14)25(26,27)28)12-32-19-5-3-15(9-17(19)11-29-32)10-21-22(33)30-24(37-21)31-6-7-36-20(13-31)23(34)35/h2-5,8-11,20H,6-7,12-13H2,1H3,(H,34,35)/b21-10-. The molecule has 0 saturated carbocycles. The van der Waals surface area contributed by atoms with Gasteiger partial charge in [0, 0.05) is 11.9 Å². The number of alkyl halides is 3. The van der Waals surface area contributed by atoms with Crippen molar-refractivity contribution in [3.8, 4) is 0 Å². The predicted octanol–water partition coefficient (Wildman–Crippen LogP) is 4.17. The van der Waals surface area contributed by atoms with E-state index in [1.165, 1.54) is 10.7 Å². The number of nitrogens with zero attached hydrogens (tertiary/aromatic N) is 4. The minimum absolute atomic E-state index is 0.0402. The normalized spacial score (nSPS) is 19.6. The molecule has 192 valence electrons. The molecule has 0 bridgehead atoms. The van der Waals surface area contributed by atoms with Gasteiger partial charge in [-0.2, -0.15) is 23.3 Å². The average Bonchev–Trinajstić information content (AvgIpc) is 3.42. The summed E-state index contributed by atoms with van der Waals surface area (Å²) in [5, 5.41) is 14.6. The first-order chi connectivity index (χ1) is 17.6. The number of halogens is 3. The number of hydrogen-bond donors (Lipinski definition) is 1. The average molecular weight is 531 g/mol. The number of ether oxygens (including phenoxy) is 1. The molecule has 2 aromatic carbocycles. The molecule has 8 nitrogen and oxygen atoms in total. The van der Waals surface area contributed by atoms with E-state index in [4.69, 9.17) is 4.74 Å². The molecular weight excluding hydrogens is 509 g/mol. The third-order valence-corrected chi connectivity index (χ3v) is 7.12. The van der Waals surface area contributed by atoms with Crippen molar-refractivity contribution in [1.82, 2.24) is 14.7 Å². The third-order valence-electron chi connectivity index (χ3n) is 6.08. The summed E-state index contributed by atoms with van der Waals surface area (Å²) in [5.41, 5.74) is 1.34. The number of amides is 1. The maximum Gasteiger partial charge on any atom is 0.416 e. The Morgan fingerprint density at radius 3 is 2.84 bits per heavy atom. The minimum Gasteiger partial charge on any atom is -0.479 e. The molecule has 1 unspecified atom stereocenters. The zero-order valence-electron chi connectivity index (χ0n) is 19.5. The summed E-state index contributed by atoms with van der Waals surface area (Å²) in [6, 6.07) is 9.56. The van der Waals surface area contributed by atoms with E-state index in [-0.39, 0.29) is 25.3 Å². The van der Waals surface area contributed by atoms with Crippen LogP contribution in [0.5, 0.6) is 0 Å². The predicted molar refractivity (Wildman–Crippen MR) is 132 cm³/mol. The smallest absolute Gasteiger partial charge is 0.416 e. The highest BCUT2D eigenvalue weighted by molar-refractivity contribution is 8.18. The molecule has 3 heterocycles. The van der Waals surface area contributed by atoms with Crippen molar-refractivity contribution < 1.29 is 32.6 Å². The number of carboxylic acid groups (broad SMARTS) is 1. The second-order valence-electron chi connectivity index (χ2n) is 8.73. The summed E-state index contributed by atoms with van der Waals surface area (Å²) >= 11 is 1.16. The quantitative estimate of drug-likeness (QED) is 0.506. The molecule has 1 amide bonds. The zero-order valence-corrected chi connectivity index (χ0v) is 20.3. The Labute approximate surface area is 213 Å². The molecular formula is C25H21F3N4O4S. The van der Waals surface area contributed by atoms with Gasteiger partial charge in [0.2, 0.25) is 0 Å². The maximum absolute atomic E-state index is 13.5. The molecule has 1 N–H and O–H groups in total. The lowest BCUT2D eigenvalue weighted by molar-refractivity contribution is -0.154. The highest BCUT2D eigenvalue weighted by Crippen LogP contribution is 2.34. The van der Waals surface area contributed by atoms with Crippen molar-refractivity contribution in [1.29, 1.82) is 0 Å². The minimum atomic E-state index is -4.47. The van der Waals surface area contributed by atoms with Crippen molar-refractivity contribution in [3.05, 3.63) is 69.8 Å². The van der Waals surface area contributed by atoms with Gasteiger partial charge in [-0.3, -0.25) is 9.48 Å². The van der Waals surface area contributed by atoms with Gasteiger partial charge >= 0.3 is 12.1 Å². The number of aromatic nitrogens is 2. The molecule has 1 fully saturated rings. The fourth-order valence-electron chi connectivity index (χ4n) is 4.23. The van der Waals surface area contributed by atoms with E-state index >= 15 is 0 Å². The van der Waals surface area contributed by atoms with Crippen LogP contribution in [0.1, 0.15) is 22.3 Å². The van der Waals surface area contributed by atoms with Crippen LogP contribution in [0.25, 0.3) is 17.0 Å². The summed E-state index contributed by atoms with van der Waals surface area (Å²) in [5.74, 6) is -1.49. The number of hydrogen-bond acceptors (Lipinski definition) is 6. The molecule has 0 aliphatic carbocycles. The Bertz CT molecular complexity index is 1460. The van der Waals surface area contributed by atoms with E-state index in [0.717, 1.165) is 17.8 Å². The first-order valence-corrected chi connectivity index (χ1v) is 12.1. The fraction of sp³-hybridized carbons (Fsp3) is 0.280. The van der Waals surface area contributed by atoms with Gasteiger partial charge in [0.15, 0.2) is 11.3 Å². The van der Waals surface area contributed by atoms with Crippen LogP contribution in [0.2, 0.25) is 0 Å². The van der Waals surface area contributed by atoms with Gasteiger partial charge in [-0.1, -0.05) is 23.8 Å². The van der Waals surface area contributed by atoms with Crippen LogP contribution in [0.3, 0.4) is 0 Å². The largest absolute Gasteiger partial charge is 0.479 e. The summed E-state index contributed by atoms with van der Waals surface area (Å²) in [4.78, 5) is 29.9. The fourth-order valence-corrected chi connectivity index (χ4v) is 5.18. The van der Waals surface area contributed by atoms with Crippen LogP contribution in [-0.4, -0.2) is 62.6 Å². The van der Waals surface area contributed by atoms with Crippen molar-refractivity contribution in [3.63, 3.8) is 0 Å². The number of aliphatic carboxylic acids is 1. The molecule has 12 heteroatoms. The monoisotopic (exact) mass is 530 g/mol. The Morgan fingerprint density at radius 1 is 1.27 bits per heavy atom. The second kappa shape index (κ2) is 9.67. The number of carboxylic acids is 1. The van der Waals surface area contributed by atoms with E-state index < -0.39 is 29.7 Å². The van der Waals surface area contributed by atoms with Gasteiger partial charge in [-0.05, 0) is 54.1 Å². The number of carbonyl (C=O) groups is 2. The molecule has 5 rings (SSSR count). The van der Waals surface area contributed by atoms with Gasteiger partial charge in [-0.25, -0.2) is 4.79 Å². The molecule has 2 aliphatic rings. The van der Waals surface area contributed by atoms with Crippen molar-refractivity contribution in [2.24, 2.45) is 4.99 Å². The van der Waals surface area contributed by atoms with Crippen molar-refractivity contribution >= 4 is 45.8 Å². The summed E-state index contributed by atoms with van der Waals surface area (Å²) in [6.07, 6.45) is -2.20. The Hall–Kier alpha value is -3.64. The van der Waals surface area contributed by atoms with Crippen LogP contribution >= 0.6 is 11.8 Å². The molecule has 2 aliphatic heterocycles. The van der Waals surface area contributed by atoms with Crippen LogP contribution < -0.4 is 0 Å². The molecule has 3 aromatic rings. The Kier molecular flexibility index (Phi) is 6.54. The van der Waals surface area contributed by atoms with Gasteiger partial charge in [0.25, 0.3) is 5.91 Å². The topological polar surface area (TPSA) is 97.0 Å². The highest BCUT2D eigenvalue weighted by atomic mass is 32.2. The third kappa shape index (κ3) is 5.25. The highest BCUT2D eigenvalue weighted by Gasteiger charge is 2.34. The van der Waals surface area contributed by atoms with E-state index in [2.05, 4.69) is 10.1 Å². The lowest BCUT2D eigenvalue weighted by Gasteiger charge is -2.31. The number of benzene rings is 2. The first kappa shape index (κ1) is 25.0. The number of fused-ring (bicyclic) bond motifs is 1. The maximum atomic E-state index is 13.5. The van der Waals surface area contributed by atoms with Crippen LogP contribution in [0, 0.1) is 6.92 Å². The summed E-state index contributed by atoms with van der Waals surface area (Å²) in [6.45, 7) is 2.33. The van der Waals surface area contributed by atoms with Crippen LogP contribution in [0.4, 0.5) is 13.2 Å². The van der Waals surface area contributed by atoms with Gasteiger partial charge in [-0.15, -0.1) is 0 Å². The van der Waals surface area contributed by atoms with Crippen LogP contribution in [-0.2, 0) is 27.0 Å². The van der Waals surface area contributed by atoms with Gasteiger partial charge in [0.1, 0.15) is 0 Å². The van der Waals surface area contributed by atoms with Crippen molar-refractivity contribution in [2.75, 3.05) is 19.7 Å². The Balaban J connectivity index is 1.35. The van der Waals surface area contributed by atoms with E-state index in [0.29, 0.717) is 38.6 Å². The molecule has 1 aromatic heterocycles. The Morgan fingerprint density at radius 2 is 2.08 bits per heavy atom.